The minimum atomic E-state index is -1.26. The van der Waals surface area contributed by atoms with E-state index < -0.39 is 35.0 Å². The number of hydrogen-bond acceptors (Lipinski definition) is 5. The first kappa shape index (κ1) is 23.6. The van der Waals surface area contributed by atoms with Crippen molar-refractivity contribution in [2.24, 2.45) is 10.9 Å². The Kier molecular flexibility index (Phi) is 7.24. The molecule has 0 radical (unpaired) electrons. The predicted molar refractivity (Wildman–Crippen MR) is 122 cm³/mol. The van der Waals surface area contributed by atoms with Crippen molar-refractivity contribution in [2.75, 3.05) is 20.4 Å². The first-order chi connectivity index (χ1) is 16.0. The molecule has 1 saturated heterocycles. The van der Waals surface area contributed by atoms with Gasteiger partial charge >= 0.3 is 0 Å². The van der Waals surface area contributed by atoms with Gasteiger partial charge in [-0.3, -0.25) is 9.79 Å². The Labute approximate surface area is 194 Å². The van der Waals surface area contributed by atoms with Crippen LogP contribution in [0.1, 0.15) is 28.8 Å². The topological polar surface area (TPSA) is 47.9 Å². The van der Waals surface area contributed by atoms with Crippen molar-refractivity contribution in [1.82, 2.24) is 0 Å². The van der Waals surface area contributed by atoms with Crippen LogP contribution in [0.4, 0.5) is 13.2 Å². The zero-order valence-electron chi connectivity index (χ0n) is 18.0. The number of nitrogens with zero attached hydrogens (tertiary/aromatic N) is 1. The number of methoxy groups -OCH3 is 1. The Hall–Kier alpha value is -2.58. The summed E-state index contributed by atoms with van der Waals surface area (Å²) in [7, 11) is 1.51. The maximum atomic E-state index is 15.0. The van der Waals surface area contributed by atoms with Crippen LogP contribution in [0.5, 0.6) is 0 Å². The summed E-state index contributed by atoms with van der Waals surface area (Å²) >= 11 is 1.22. The molecule has 0 aromatic heterocycles. The minimum absolute atomic E-state index is 0.0287. The number of halogens is 3. The molecule has 4 atom stereocenters. The molecule has 1 fully saturated rings. The molecule has 4 nitrogen and oxygen atoms in total. The molecule has 33 heavy (non-hydrogen) atoms. The maximum absolute atomic E-state index is 15.0. The van der Waals surface area contributed by atoms with Crippen LogP contribution >= 0.6 is 11.8 Å². The van der Waals surface area contributed by atoms with Gasteiger partial charge in [-0.2, -0.15) is 0 Å². The van der Waals surface area contributed by atoms with E-state index in [2.05, 4.69) is 0 Å². The molecular weight excluding hydrogens is 451 g/mol. The SMILES string of the molecule is COC=C[C@H]1C[C@H]2[C@@H](CF)SC(CC(=O)c3ccccc3)=N[C@@]2(c2ccc(F)cc2F)CO1. The quantitative estimate of drug-likeness (QED) is 0.393. The number of alkyl halides is 1. The lowest BCUT2D eigenvalue weighted by atomic mass is 9.72. The smallest absolute Gasteiger partial charge is 0.169 e. The van der Waals surface area contributed by atoms with Crippen LogP contribution in [-0.2, 0) is 15.0 Å². The van der Waals surface area contributed by atoms with Crippen LogP contribution in [0.15, 0.2) is 65.9 Å². The fourth-order valence-electron chi connectivity index (χ4n) is 4.50. The Bertz CT molecular complexity index is 1060. The third-order valence-electron chi connectivity index (χ3n) is 6.06. The molecule has 2 aliphatic rings. The highest BCUT2D eigenvalue weighted by atomic mass is 32.2. The molecule has 174 valence electrons. The molecule has 2 aromatic rings. The summed E-state index contributed by atoms with van der Waals surface area (Å²) in [6, 6.07) is 12.1. The molecule has 0 saturated carbocycles. The Morgan fingerprint density at radius 1 is 1.27 bits per heavy atom. The first-order valence-corrected chi connectivity index (χ1v) is 11.5. The average molecular weight is 476 g/mol. The van der Waals surface area contributed by atoms with E-state index in [0.717, 1.165) is 12.1 Å². The number of ether oxygens (including phenoxy) is 2. The number of thioether (sulfide) groups is 1. The van der Waals surface area contributed by atoms with Crippen molar-refractivity contribution >= 4 is 22.6 Å². The number of hydrogen-bond donors (Lipinski definition) is 0. The second-order valence-electron chi connectivity index (χ2n) is 8.09. The van der Waals surface area contributed by atoms with E-state index in [4.69, 9.17) is 14.5 Å². The van der Waals surface area contributed by atoms with Crippen LogP contribution in [0.3, 0.4) is 0 Å². The zero-order valence-corrected chi connectivity index (χ0v) is 18.9. The predicted octanol–water partition coefficient (Wildman–Crippen LogP) is 5.48. The molecular formula is C25H24F3NO3S. The van der Waals surface area contributed by atoms with Gasteiger partial charge in [-0.05, 0) is 18.6 Å². The van der Waals surface area contributed by atoms with Crippen LogP contribution in [-0.4, -0.2) is 42.6 Å². The van der Waals surface area contributed by atoms with Crippen molar-refractivity contribution < 1.29 is 27.4 Å². The maximum Gasteiger partial charge on any atom is 0.169 e. The normalized spacial score (nSPS) is 27.2. The number of carbonyl (C=O) groups is 1. The highest BCUT2D eigenvalue weighted by Crippen LogP contribution is 2.51. The van der Waals surface area contributed by atoms with Gasteiger partial charge < -0.3 is 9.47 Å². The molecule has 4 rings (SSSR count). The summed E-state index contributed by atoms with van der Waals surface area (Å²) in [4.78, 5) is 17.6. The van der Waals surface area contributed by atoms with E-state index >= 15 is 4.39 Å². The highest BCUT2D eigenvalue weighted by Gasteiger charge is 2.53. The lowest BCUT2D eigenvalue weighted by Crippen LogP contribution is -2.53. The van der Waals surface area contributed by atoms with Gasteiger partial charge in [-0.15, -0.1) is 11.8 Å². The monoisotopic (exact) mass is 475 g/mol. The van der Waals surface area contributed by atoms with E-state index in [-0.39, 0.29) is 30.5 Å². The average Bonchev–Trinajstić information content (AvgIpc) is 2.82. The van der Waals surface area contributed by atoms with Crippen LogP contribution in [0.25, 0.3) is 0 Å². The van der Waals surface area contributed by atoms with E-state index in [1.165, 1.54) is 31.2 Å². The van der Waals surface area contributed by atoms with Crippen molar-refractivity contribution in [3.8, 4) is 0 Å². The second kappa shape index (κ2) is 10.1. The lowest BCUT2D eigenvalue weighted by molar-refractivity contribution is -0.0436. The van der Waals surface area contributed by atoms with Crippen molar-refractivity contribution in [3.05, 3.63) is 83.6 Å². The molecule has 2 aliphatic heterocycles. The van der Waals surface area contributed by atoms with Crippen LogP contribution in [0.2, 0.25) is 0 Å². The number of benzene rings is 2. The fraction of sp³-hybridized carbons (Fsp3) is 0.360. The number of fused-ring (bicyclic) bond motifs is 1. The van der Waals surface area contributed by atoms with Gasteiger partial charge in [0, 0.05) is 28.4 Å². The Balaban J connectivity index is 1.76. The molecule has 0 bridgehead atoms. The number of rotatable bonds is 7. The number of carbonyl (C=O) groups excluding carboxylic acids is 1. The molecule has 0 unspecified atom stereocenters. The molecule has 2 heterocycles. The van der Waals surface area contributed by atoms with Crippen molar-refractivity contribution in [2.45, 2.75) is 29.7 Å². The molecule has 0 amide bonds. The molecule has 8 heteroatoms. The highest BCUT2D eigenvalue weighted by molar-refractivity contribution is 8.14. The summed E-state index contributed by atoms with van der Waals surface area (Å²) in [5.41, 5.74) is -0.596. The van der Waals surface area contributed by atoms with Gasteiger partial charge in [0.2, 0.25) is 0 Å². The van der Waals surface area contributed by atoms with Gasteiger partial charge in [0.15, 0.2) is 5.78 Å². The van der Waals surface area contributed by atoms with Gasteiger partial charge in [-0.1, -0.05) is 36.4 Å². The molecule has 0 spiro atoms. The summed E-state index contributed by atoms with van der Waals surface area (Å²) in [6.45, 7) is -0.710. The summed E-state index contributed by atoms with van der Waals surface area (Å²) in [5.74, 6) is -2.07. The van der Waals surface area contributed by atoms with Gasteiger partial charge in [-0.25, -0.2) is 13.2 Å². The van der Waals surface area contributed by atoms with Crippen molar-refractivity contribution in [3.63, 3.8) is 0 Å². The lowest BCUT2D eigenvalue weighted by Gasteiger charge is -2.49. The number of ketones is 1. The summed E-state index contributed by atoms with van der Waals surface area (Å²) in [5, 5.41) is -0.145. The summed E-state index contributed by atoms with van der Waals surface area (Å²) in [6.07, 6.45) is 3.20. The number of Topliss-reactive ketones (excluding diaryl/α,β-unsaturated/α-hetero) is 1. The van der Waals surface area contributed by atoms with Crippen molar-refractivity contribution in [1.29, 1.82) is 0 Å². The van der Waals surface area contributed by atoms with Crippen LogP contribution < -0.4 is 0 Å². The molecule has 2 aromatic carbocycles. The first-order valence-electron chi connectivity index (χ1n) is 10.6. The third kappa shape index (κ3) is 4.87. The van der Waals surface area contributed by atoms with Gasteiger partial charge in [0.25, 0.3) is 0 Å². The van der Waals surface area contributed by atoms with E-state index in [9.17, 15) is 13.6 Å². The molecule has 0 N–H and O–H groups in total. The van der Waals surface area contributed by atoms with Gasteiger partial charge in [0.1, 0.15) is 23.8 Å². The van der Waals surface area contributed by atoms with E-state index in [0.29, 0.717) is 17.0 Å². The fourth-order valence-corrected chi connectivity index (χ4v) is 5.84. The largest absolute Gasteiger partial charge is 0.505 e. The van der Waals surface area contributed by atoms with Crippen LogP contribution in [0, 0.1) is 17.6 Å². The van der Waals surface area contributed by atoms with Gasteiger partial charge in [0.05, 0.1) is 37.5 Å². The van der Waals surface area contributed by atoms with E-state index in [1.54, 1.807) is 30.3 Å². The molecule has 0 aliphatic carbocycles. The number of aliphatic imine (C=N–C) groups is 1. The second-order valence-corrected chi connectivity index (χ2v) is 9.40. The minimum Gasteiger partial charge on any atom is -0.505 e. The zero-order chi connectivity index (χ0) is 23.4. The summed E-state index contributed by atoms with van der Waals surface area (Å²) < 4.78 is 54.0. The standard InChI is InChI=1S/C25H24F3NO3S/c1-31-10-9-18-12-20-23(14-26)33-24(13-22(30)16-5-3-2-4-6-16)29-25(20,15-32-18)19-8-7-17(27)11-21(19)28/h2-11,18,20,23H,12-15H2,1H3/t18-,20-,23+,25+/m0/s1. The Morgan fingerprint density at radius 3 is 2.76 bits per heavy atom. The van der Waals surface area contributed by atoms with E-state index in [1.807, 2.05) is 6.07 Å². The Morgan fingerprint density at radius 2 is 2.06 bits per heavy atom. The third-order valence-corrected chi connectivity index (χ3v) is 7.33.